The van der Waals surface area contributed by atoms with Gasteiger partial charge in [0.15, 0.2) is 0 Å². The van der Waals surface area contributed by atoms with E-state index in [9.17, 15) is 12.8 Å². The summed E-state index contributed by atoms with van der Waals surface area (Å²) < 4.78 is 38.2. The first-order chi connectivity index (χ1) is 9.45. The van der Waals surface area contributed by atoms with E-state index in [2.05, 4.69) is 5.32 Å². The number of nitrogens with zero attached hydrogens (tertiary/aromatic N) is 1. The van der Waals surface area contributed by atoms with Gasteiger partial charge in [0.25, 0.3) is 0 Å². The van der Waals surface area contributed by atoms with Crippen molar-refractivity contribution in [3.63, 3.8) is 0 Å². The third kappa shape index (κ3) is 5.98. The van der Waals surface area contributed by atoms with Crippen molar-refractivity contribution < 1.29 is 12.8 Å². The van der Waals surface area contributed by atoms with Crippen molar-refractivity contribution in [1.29, 1.82) is 0 Å². The molecule has 1 aromatic carbocycles. The van der Waals surface area contributed by atoms with E-state index in [4.69, 9.17) is 0 Å². The maximum atomic E-state index is 12.8. The summed E-state index contributed by atoms with van der Waals surface area (Å²) in [5.74, 6) is -0.168. The zero-order valence-electron chi connectivity index (χ0n) is 12.1. The minimum Gasteiger partial charge on any atom is -0.317 e. The van der Waals surface area contributed by atoms with Crippen molar-refractivity contribution in [2.75, 3.05) is 25.9 Å². The summed E-state index contributed by atoms with van der Waals surface area (Å²) in [5, 5.41) is 3.16. The lowest BCUT2D eigenvalue weighted by atomic mass is 10.2. The molecule has 0 atom stereocenters. The predicted octanol–water partition coefficient (Wildman–Crippen LogP) is 1.98. The van der Waals surface area contributed by atoms with Crippen LogP contribution in [0, 0.1) is 5.82 Å². The van der Waals surface area contributed by atoms with E-state index >= 15 is 0 Å². The SMILES string of the molecule is CCNCCCCS(=O)(=O)N(C)Cc1ccc(F)cc1. The van der Waals surface area contributed by atoms with Crippen LogP contribution in [0.15, 0.2) is 24.3 Å². The van der Waals surface area contributed by atoms with Gasteiger partial charge in [-0.2, -0.15) is 0 Å². The molecule has 0 aliphatic rings. The van der Waals surface area contributed by atoms with Crippen LogP contribution in [0.2, 0.25) is 0 Å². The van der Waals surface area contributed by atoms with E-state index < -0.39 is 10.0 Å². The largest absolute Gasteiger partial charge is 0.317 e. The van der Waals surface area contributed by atoms with Crippen LogP contribution < -0.4 is 5.32 Å². The molecule has 0 saturated heterocycles. The number of sulfonamides is 1. The Morgan fingerprint density at radius 1 is 1.20 bits per heavy atom. The molecule has 0 heterocycles. The van der Waals surface area contributed by atoms with E-state index in [1.165, 1.54) is 16.4 Å². The minimum atomic E-state index is -3.24. The molecule has 0 bridgehead atoms. The van der Waals surface area contributed by atoms with Crippen LogP contribution in [0.5, 0.6) is 0 Å². The summed E-state index contributed by atoms with van der Waals surface area (Å²) in [5.41, 5.74) is 0.783. The summed E-state index contributed by atoms with van der Waals surface area (Å²) in [4.78, 5) is 0. The molecule has 0 aromatic heterocycles. The van der Waals surface area contributed by atoms with Crippen molar-refractivity contribution in [2.24, 2.45) is 0 Å². The van der Waals surface area contributed by atoms with Crippen molar-refractivity contribution in [2.45, 2.75) is 26.3 Å². The topological polar surface area (TPSA) is 49.4 Å². The van der Waals surface area contributed by atoms with Gasteiger partial charge in [-0.1, -0.05) is 19.1 Å². The van der Waals surface area contributed by atoms with Crippen LogP contribution in [-0.4, -0.2) is 38.6 Å². The van der Waals surface area contributed by atoms with Gasteiger partial charge in [-0.15, -0.1) is 0 Å². The summed E-state index contributed by atoms with van der Waals surface area (Å²) in [6, 6.07) is 5.89. The van der Waals surface area contributed by atoms with Gasteiger partial charge in [-0.25, -0.2) is 17.1 Å². The van der Waals surface area contributed by atoms with Crippen LogP contribution in [0.3, 0.4) is 0 Å². The van der Waals surface area contributed by atoms with Crippen molar-refractivity contribution in [1.82, 2.24) is 9.62 Å². The first kappa shape index (κ1) is 17.1. The molecule has 6 heteroatoms. The monoisotopic (exact) mass is 302 g/mol. The fourth-order valence-corrected chi connectivity index (χ4v) is 3.04. The van der Waals surface area contributed by atoms with Gasteiger partial charge in [0.2, 0.25) is 10.0 Å². The van der Waals surface area contributed by atoms with Crippen LogP contribution >= 0.6 is 0 Å². The molecule has 1 rings (SSSR count). The second kappa shape index (κ2) is 8.34. The van der Waals surface area contributed by atoms with Gasteiger partial charge in [0, 0.05) is 13.6 Å². The lowest BCUT2D eigenvalue weighted by Gasteiger charge is -2.17. The van der Waals surface area contributed by atoms with E-state index in [0.29, 0.717) is 6.42 Å². The van der Waals surface area contributed by atoms with Crippen LogP contribution in [0.4, 0.5) is 4.39 Å². The lowest BCUT2D eigenvalue weighted by molar-refractivity contribution is 0.464. The number of benzene rings is 1. The Morgan fingerprint density at radius 2 is 1.85 bits per heavy atom. The van der Waals surface area contributed by atoms with E-state index in [0.717, 1.165) is 25.1 Å². The average molecular weight is 302 g/mol. The van der Waals surface area contributed by atoms with Crippen molar-refractivity contribution in [3.05, 3.63) is 35.6 Å². The van der Waals surface area contributed by atoms with Crippen molar-refractivity contribution >= 4 is 10.0 Å². The lowest BCUT2D eigenvalue weighted by Crippen LogP contribution is -2.29. The second-order valence-corrected chi connectivity index (χ2v) is 6.95. The molecule has 0 fully saturated rings. The molecule has 0 aliphatic carbocycles. The highest BCUT2D eigenvalue weighted by Crippen LogP contribution is 2.10. The molecule has 20 heavy (non-hydrogen) atoms. The van der Waals surface area contributed by atoms with Gasteiger partial charge in [0.05, 0.1) is 5.75 Å². The van der Waals surface area contributed by atoms with Crippen LogP contribution in [-0.2, 0) is 16.6 Å². The molecule has 1 aromatic rings. The zero-order chi connectivity index (χ0) is 15.0. The van der Waals surface area contributed by atoms with Gasteiger partial charge >= 0.3 is 0 Å². The minimum absolute atomic E-state index is 0.149. The molecular weight excluding hydrogens is 279 g/mol. The molecule has 1 N–H and O–H groups in total. The molecule has 0 spiro atoms. The van der Waals surface area contributed by atoms with Crippen LogP contribution in [0.1, 0.15) is 25.3 Å². The fourth-order valence-electron chi connectivity index (χ4n) is 1.81. The Bertz CT molecular complexity index is 488. The van der Waals surface area contributed by atoms with Gasteiger partial charge in [0.1, 0.15) is 5.82 Å². The number of hydrogen-bond acceptors (Lipinski definition) is 3. The highest BCUT2D eigenvalue weighted by Gasteiger charge is 2.17. The second-order valence-electron chi connectivity index (χ2n) is 4.76. The third-order valence-electron chi connectivity index (χ3n) is 3.05. The number of halogens is 1. The third-order valence-corrected chi connectivity index (χ3v) is 4.93. The highest BCUT2D eigenvalue weighted by molar-refractivity contribution is 7.89. The molecule has 0 saturated carbocycles. The number of nitrogens with one attached hydrogen (secondary N) is 1. The molecule has 114 valence electrons. The Kier molecular flexibility index (Phi) is 7.12. The quantitative estimate of drug-likeness (QED) is 0.710. The molecular formula is C14H23FN2O2S. The maximum Gasteiger partial charge on any atom is 0.214 e. The smallest absolute Gasteiger partial charge is 0.214 e. The Morgan fingerprint density at radius 3 is 2.45 bits per heavy atom. The Balaban J connectivity index is 2.44. The van der Waals surface area contributed by atoms with Crippen molar-refractivity contribution in [3.8, 4) is 0 Å². The van der Waals surface area contributed by atoms with E-state index in [1.807, 2.05) is 6.92 Å². The maximum absolute atomic E-state index is 12.8. The fraction of sp³-hybridized carbons (Fsp3) is 0.571. The van der Waals surface area contributed by atoms with Gasteiger partial charge < -0.3 is 5.32 Å². The van der Waals surface area contributed by atoms with E-state index in [-0.39, 0.29) is 18.1 Å². The summed E-state index contributed by atoms with van der Waals surface area (Å²) >= 11 is 0. The number of unbranched alkanes of at least 4 members (excludes halogenated alkanes) is 1. The summed E-state index contributed by atoms with van der Waals surface area (Å²) in [7, 11) is -1.69. The molecule has 0 unspecified atom stereocenters. The normalized spacial score (nSPS) is 12.0. The zero-order valence-corrected chi connectivity index (χ0v) is 12.9. The highest BCUT2D eigenvalue weighted by atomic mass is 32.2. The van der Waals surface area contributed by atoms with Gasteiger partial charge in [-0.05, 0) is 43.6 Å². The summed E-state index contributed by atoms with van der Waals surface area (Å²) in [6.07, 6.45) is 1.49. The van der Waals surface area contributed by atoms with Gasteiger partial charge in [-0.3, -0.25) is 0 Å². The number of rotatable bonds is 9. The average Bonchev–Trinajstić information content (AvgIpc) is 2.41. The Hall–Kier alpha value is -0.980. The number of hydrogen-bond donors (Lipinski definition) is 1. The first-order valence-corrected chi connectivity index (χ1v) is 8.46. The molecule has 0 radical (unpaired) electrons. The molecule has 4 nitrogen and oxygen atoms in total. The molecule has 0 aliphatic heterocycles. The first-order valence-electron chi connectivity index (χ1n) is 6.85. The summed E-state index contributed by atoms with van der Waals surface area (Å²) in [6.45, 7) is 4.04. The predicted molar refractivity (Wildman–Crippen MR) is 79.4 cm³/mol. The standard InChI is InChI=1S/C14H23FN2O2S/c1-3-16-10-4-5-11-20(18,19)17(2)12-13-6-8-14(15)9-7-13/h6-9,16H,3-5,10-12H2,1-2H3. The Labute approximate surface area is 121 Å². The molecule has 0 amide bonds. The van der Waals surface area contributed by atoms with Crippen LogP contribution in [0.25, 0.3) is 0 Å². The van der Waals surface area contributed by atoms with E-state index in [1.54, 1.807) is 19.2 Å².